The van der Waals surface area contributed by atoms with Crippen LogP contribution in [0, 0.1) is 0 Å². The monoisotopic (exact) mass is 403 g/mol. The number of H-pyrrole nitrogens is 1. The lowest BCUT2D eigenvalue weighted by molar-refractivity contribution is 0.0895. The molecule has 1 aromatic heterocycles. The number of methoxy groups -OCH3 is 1. The second-order valence-corrected chi connectivity index (χ2v) is 7.53. The minimum absolute atomic E-state index is 0.0752. The molecule has 0 saturated carbocycles. The van der Waals surface area contributed by atoms with Crippen LogP contribution >= 0.6 is 12.2 Å². The van der Waals surface area contributed by atoms with Crippen LogP contribution < -0.4 is 10.9 Å². The van der Waals surface area contributed by atoms with E-state index in [-0.39, 0.29) is 11.7 Å². The summed E-state index contributed by atoms with van der Waals surface area (Å²) in [7, 11) is 1.66. The average Bonchev–Trinajstić information content (AvgIpc) is 3.21. The van der Waals surface area contributed by atoms with E-state index >= 15 is 0 Å². The van der Waals surface area contributed by atoms with E-state index in [2.05, 4.69) is 29.4 Å². The van der Waals surface area contributed by atoms with Crippen molar-refractivity contribution in [3.8, 4) is 0 Å². The van der Waals surface area contributed by atoms with Crippen LogP contribution in [0.3, 0.4) is 0 Å². The van der Waals surface area contributed by atoms with Crippen molar-refractivity contribution in [2.75, 3.05) is 33.4 Å². The molecule has 6 nitrogen and oxygen atoms in total. The van der Waals surface area contributed by atoms with E-state index in [9.17, 15) is 4.79 Å². The number of aryl methyl sites for hydroxylation is 1. The fraction of sp³-hybridized carbons (Fsp3) is 0.524. The molecule has 0 bridgehead atoms. The van der Waals surface area contributed by atoms with Crippen LogP contribution in [-0.2, 0) is 22.4 Å². The van der Waals surface area contributed by atoms with Crippen molar-refractivity contribution < 1.29 is 9.47 Å². The van der Waals surface area contributed by atoms with Gasteiger partial charge in [-0.2, -0.15) is 0 Å². The lowest BCUT2D eigenvalue weighted by Gasteiger charge is -2.28. The second kappa shape index (κ2) is 10.0. The van der Waals surface area contributed by atoms with Crippen molar-refractivity contribution in [1.82, 2.24) is 15.2 Å². The van der Waals surface area contributed by atoms with Crippen molar-refractivity contribution in [3.63, 3.8) is 0 Å². The molecule has 7 heteroatoms. The minimum atomic E-state index is -0.0752. The Morgan fingerprint density at radius 2 is 2.29 bits per heavy atom. The summed E-state index contributed by atoms with van der Waals surface area (Å²) in [6.07, 6.45) is 3.20. The zero-order valence-corrected chi connectivity index (χ0v) is 17.4. The molecule has 1 aromatic carbocycles. The predicted octanol–water partition coefficient (Wildman–Crippen LogP) is 2.59. The Kier molecular flexibility index (Phi) is 7.42. The van der Waals surface area contributed by atoms with Crippen LogP contribution in [0.25, 0.3) is 10.9 Å². The molecule has 0 radical (unpaired) electrons. The molecule has 1 aliphatic heterocycles. The maximum Gasteiger partial charge on any atom is 0.253 e. The number of fused-ring (bicyclic) bond motifs is 1. The number of ether oxygens (including phenoxy) is 2. The fourth-order valence-corrected chi connectivity index (χ4v) is 3.71. The number of hydrogen-bond acceptors (Lipinski definition) is 4. The number of aromatic nitrogens is 1. The topological polar surface area (TPSA) is 66.6 Å². The van der Waals surface area contributed by atoms with Gasteiger partial charge in [-0.25, -0.2) is 0 Å². The first-order valence-electron chi connectivity index (χ1n) is 9.89. The smallest absolute Gasteiger partial charge is 0.253 e. The van der Waals surface area contributed by atoms with Gasteiger partial charge < -0.3 is 24.7 Å². The highest BCUT2D eigenvalue weighted by Crippen LogP contribution is 2.17. The van der Waals surface area contributed by atoms with E-state index in [0.29, 0.717) is 36.9 Å². The normalized spacial score (nSPS) is 16.4. The molecule has 0 amide bonds. The van der Waals surface area contributed by atoms with E-state index in [1.54, 1.807) is 7.11 Å². The van der Waals surface area contributed by atoms with Crippen molar-refractivity contribution in [2.45, 2.75) is 38.8 Å². The molecule has 28 heavy (non-hydrogen) atoms. The second-order valence-electron chi connectivity index (χ2n) is 7.14. The van der Waals surface area contributed by atoms with Crippen LogP contribution in [0.1, 0.15) is 30.9 Å². The standard InChI is InChI=1S/C21H29N3O3S/c1-3-15-6-7-19-16(11-15)12-17(20(25)23-19)13-24(14-18-5-4-9-27-18)21(28)22-8-10-26-2/h6-7,11-12,18H,3-5,8-10,13-14H2,1-2H3,(H,22,28)(H,23,25). The number of thiocarbonyl (C=S) groups is 1. The van der Waals surface area contributed by atoms with Gasteiger partial charge in [0.15, 0.2) is 5.11 Å². The van der Waals surface area contributed by atoms with E-state index in [0.717, 1.165) is 36.8 Å². The van der Waals surface area contributed by atoms with E-state index < -0.39 is 0 Å². The van der Waals surface area contributed by atoms with E-state index in [1.807, 2.05) is 17.0 Å². The largest absolute Gasteiger partial charge is 0.383 e. The number of nitrogens with one attached hydrogen (secondary N) is 2. The summed E-state index contributed by atoms with van der Waals surface area (Å²) in [6, 6.07) is 8.14. The summed E-state index contributed by atoms with van der Waals surface area (Å²) in [5, 5.41) is 4.88. The summed E-state index contributed by atoms with van der Waals surface area (Å²) >= 11 is 5.59. The summed E-state index contributed by atoms with van der Waals surface area (Å²) in [6.45, 7) is 5.24. The van der Waals surface area contributed by atoms with Crippen LogP contribution in [0.15, 0.2) is 29.1 Å². The van der Waals surface area contributed by atoms with Crippen molar-refractivity contribution >= 4 is 28.2 Å². The minimum Gasteiger partial charge on any atom is -0.383 e. The zero-order valence-electron chi connectivity index (χ0n) is 16.6. The third kappa shape index (κ3) is 5.31. The molecule has 1 atom stereocenters. The highest BCUT2D eigenvalue weighted by molar-refractivity contribution is 7.80. The number of pyridine rings is 1. The van der Waals surface area contributed by atoms with Gasteiger partial charge in [0.1, 0.15) is 0 Å². The summed E-state index contributed by atoms with van der Waals surface area (Å²) in [5.41, 5.74) is 2.74. The molecule has 2 heterocycles. The van der Waals surface area contributed by atoms with Crippen LogP contribution in [0.2, 0.25) is 0 Å². The van der Waals surface area contributed by atoms with Crippen molar-refractivity contribution in [3.05, 3.63) is 45.7 Å². The average molecular weight is 404 g/mol. The highest BCUT2D eigenvalue weighted by atomic mass is 32.1. The Balaban J connectivity index is 1.82. The SMILES string of the molecule is CCc1ccc2[nH]c(=O)c(CN(CC3CCCO3)C(=S)NCCOC)cc2c1. The van der Waals surface area contributed by atoms with Gasteiger partial charge in [0.05, 0.1) is 19.3 Å². The first-order chi connectivity index (χ1) is 13.6. The van der Waals surface area contributed by atoms with Gasteiger partial charge in [0.2, 0.25) is 0 Å². The van der Waals surface area contributed by atoms with Crippen LogP contribution in [-0.4, -0.2) is 54.5 Å². The third-order valence-electron chi connectivity index (χ3n) is 5.07. The molecule has 2 N–H and O–H groups in total. The van der Waals surface area contributed by atoms with E-state index in [1.165, 1.54) is 5.56 Å². The molecule has 1 fully saturated rings. The van der Waals surface area contributed by atoms with Crippen LogP contribution in [0.4, 0.5) is 0 Å². The van der Waals surface area contributed by atoms with Gasteiger partial charge in [0.25, 0.3) is 5.56 Å². The zero-order chi connectivity index (χ0) is 19.9. The van der Waals surface area contributed by atoms with Gasteiger partial charge in [-0.1, -0.05) is 13.0 Å². The number of rotatable bonds is 8. The Bertz CT molecular complexity index is 862. The first kappa shape index (κ1) is 20.8. The fourth-order valence-electron chi connectivity index (χ4n) is 3.47. The van der Waals surface area contributed by atoms with Crippen molar-refractivity contribution in [2.24, 2.45) is 0 Å². The van der Waals surface area contributed by atoms with Crippen LogP contribution in [0.5, 0.6) is 0 Å². The highest BCUT2D eigenvalue weighted by Gasteiger charge is 2.22. The Morgan fingerprint density at radius 1 is 1.43 bits per heavy atom. The maximum absolute atomic E-state index is 12.6. The van der Waals surface area contributed by atoms with Gasteiger partial charge in [-0.15, -0.1) is 0 Å². The molecule has 2 aromatic rings. The van der Waals surface area contributed by atoms with Crippen molar-refractivity contribution in [1.29, 1.82) is 0 Å². The number of benzene rings is 1. The molecule has 1 unspecified atom stereocenters. The molecular formula is C21H29N3O3S. The molecule has 1 aliphatic rings. The van der Waals surface area contributed by atoms with Gasteiger partial charge in [-0.3, -0.25) is 4.79 Å². The van der Waals surface area contributed by atoms with Gasteiger partial charge >= 0.3 is 0 Å². The number of hydrogen-bond donors (Lipinski definition) is 2. The lowest BCUT2D eigenvalue weighted by atomic mass is 10.1. The predicted molar refractivity (Wildman–Crippen MR) is 116 cm³/mol. The first-order valence-corrected chi connectivity index (χ1v) is 10.3. The summed E-state index contributed by atoms with van der Waals surface area (Å²) in [4.78, 5) is 17.7. The lowest BCUT2D eigenvalue weighted by Crippen LogP contribution is -2.44. The molecular weight excluding hydrogens is 374 g/mol. The van der Waals surface area contributed by atoms with Gasteiger partial charge in [-0.05, 0) is 60.6 Å². The van der Waals surface area contributed by atoms with Gasteiger partial charge in [0, 0.05) is 37.9 Å². The quantitative estimate of drug-likeness (QED) is 0.522. The Hall–Kier alpha value is -1.96. The molecule has 1 saturated heterocycles. The third-order valence-corrected chi connectivity index (χ3v) is 5.48. The Morgan fingerprint density at radius 3 is 3.00 bits per heavy atom. The molecule has 0 spiro atoms. The number of nitrogens with zero attached hydrogens (tertiary/aromatic N) is 1. The summed E-state index contributed by atoms with van der Waals surface area (Å²) < 4.78 is 10.9. The summed E-state index contributed by atoms with van der Waals surface area (Å²) in [5.74, 6) is 0. The van der Waals surface area contributed by atoms with E-state index in [4.69, 9.17) is 21.7 Å². The Labute approximate surface area is 171 Å². The molecule has 152 valence electrons. The molecule has 0 aliphatic carbocycles. The maximum atomic E-state index is 12.6. The number of aromatic amines is 1. The molecule has 3 rings (SSSR count).